The van der Waals surface area contributed by atoms with E-state index in [-0.39, 0.29) is 0 Å². The molecule has 0 unspecified atom stereocenters. The van der Waals surface area contributed by atoms with Gasteiger partial charge in [-0.1, -0.05) is 0 Å². The number of aliphatic hydroxyl groups is 1. The lowest BCUT2D eigenvalue weighted by atomic mass is 9.92. The van der Waals surface area contributed by atoms with Crippen molar-refractivity contribution in [2.45, 2.75) is 37.8 Å². The Morgan fingerprint density at radius 2 is 1.84 bits per heavy atom. The smallest absolute Gasteiger partial charge is 0.195 e. The van der Waals surface area contributed by atoms with Crippen molar-refractivity contribution in [3.8, 4) is 11.6 Å². The molecule has 2 aromatic heterocycles. The van der Waals surface area contributed by atoms with Gasteiger partial charge in [0.1, 0.15) is 0 Å². The summed E-state index contributed by atoms with van der Waals surface area (Å²) in [6, 6.07) is 3.69. The molecule has 0 amide bonds. The molecular formula is C19H26N4O2. The van der Waals surface area contributed by atoms with Gasteiger partial charge in [0.2, 0.25) is 0 Å². The summed E-state index contributed by atoms with van der Waals surface area (Å²) >= 11 is 0. The van der Waals surface area contributed by atoms with Crippen LogP contribution in [0.4, 0.5) is 0 Å². The Morgan fingerprint density at radius 3 is 2.56 bits per heavy atom. The van der Waals surface area contributed by atoms with E-state index in [1.807, 2.05) is 24.5 Å². The number of β-amino-alcohol motifs (C(OH)–C–C–N with tert-alkyl or cyclic N) is 1. The van der Waals surface area contributed by atoms with Gasteiger partial charge in [0.15, 0.2) is 11.6 Å². The van der Waals surface area contributed by atoms with Crippen molar-refractivity contribution in [1.82, 2.24) is 19.8 Å². The molecule has 0 aliphatic carbocycles. The quantitative estimate of drug-likeness (QED) is 0.898. The zero-order valence-electron chi connectivity index (χ0n) is 14.6. The Labute approximate surface area is 148 Å². The summed E-state index contributed by atoms with van der Waals surface area (Å²) < 4.78 is 5.33. The Morgan fingerprint density at radius 1 is 1.08 bits per heavy atom. The minimum Gasteiger partial charge on any atom is -0.461 e. The minimum absolute atomic E-state index is 0.586. The molecule has 2 saturated heterocycles. The maximum Gasteiger partial charge on any atom is 0.195 e. The average Bonchev–Trinajstić information content (AvgIpc) is 3.29. The Hall–Kier alpha value is -1.76. The van der Waals surface area contributed by atoms with Crippen LogP contribution in [0.25, 0.3) is 11.6 Å². The molecule has 4 rings (SSSR count). The molecule has 6 nitrogen and oxygen atoms in total. The number of likely N-dealkylation sites (tertiary alicyclic amines) is 2. The lowest BCUT2D eigenvalue weighted by Crippen LogP contribution is -2.53. The molecule has 2 fully saturated rings. The monoisotopic (exact) mass is 342 g/mol. The van der Waals surface area contributed by atoms with Crippen molar-refractivity contribution >= 4 is 0 Å². The lowest BCUT2D eigenvalue weighted by Gasteiger charge is -2.41. The summed E-state index contributed by atoms with van der Waals surface area (Å²) in [5.41, 5.74) is 0.484. The van der Waals surface area contributed by atoms with E-state index in [1.165, 1.54) is 12.8 Å². The zero-order valence-corrected chi connectivity index (χ0v) is 14.6. The molecule has 1 N–H and O–H groups in total. The van der Waals surface area contributed by atoms with Gasteiger partial charge in [-0.3, -0.25) is 4.90 Å². The molecule has 6 heteroatoms. The maximum absolute atomic E-state index is 11.0. The summed E-state index contributed by atoms with van der Waals surface area (Å²) in [5, 5.41) is 11.0. The van der Waals surface area contributed by atoms with E-state index in [0.717, 1.165) is 57.7 Å². The van der Waals surface area contributed by atoms with E-state index in [1.54, 1.807) is 6.26 Å². The molecule has 2 aliphatic heterocycles. The third-order valence-electron chi connectivity index (χ3n) is 5.20. The molecule has 2 aromatic rings. The van der Waals surface area contributed by atoms with Gasteiger partial charge < -0.3 is 14.4 Å². The van der Waals surface area contributed by atoms with Crippen LogP contribution in [0.15, 0.2) is 35.2 Å². The molecule has 0 spiro atoms. The summed E-state index contributed by atoms with van der Waals surface area (Å²) in [6.45, 7) is 5.58. The van der Waals surface area contributed by atoms with E-state index in [0.29, 0.717) is 11.6 Å². The van der Waals surface area contributed by atoms with Gasteiger partial charge >= 0.3 is 0 Å². The second-order valence-electron chi connectivity index (χ2n) is 7.41. The average molecular weight is 342 g/mol. The molecule has 0 radical (unpaired) electrons. The van der Waals surface area contributed by atoms with Crippen molar-refractivity contribution in [1.29, 1.82) is 0 Å². The van der Waals surface area contributed by atoms with Gasteiger partial charge in [-0.2, -0.15) is 0 Å². The highest BCUT2D eigenvalue weighted by Gasteiger charge is 2.35. The fourth-order valence-electron chi connectivity index (χ4n) is 4.05. The highest BCUT2D eigenvalue weighted by Crippen LogP contribution is 2.25. The van der Waals surface area contributed by atoms with Crippen LogP contribution in [0.2, 0.25) is 0 Å². The Kier molecular flexibility index (Phi) is 4.83. The zero-order chi connectivity index (χ0) is 17.1. The standard InChI is InChI=1S/C19H26N4O2/c24-19(14-22-7-1-2-8-22)6-4-9-23(15-19)13-16-11-20-18(21-12-16)17-5-3-10-25-17/h3,5,10-12,24H,1-2,4,6-9,13-15H2/t19-/m1/s1. The first-order valence-electron chi connectivity index (χ1n) is 9.22. The van der Waals surface area contributed by atoms with Crippen molar-refractivity contribution in [2.75, 3.05) is 32.7 Å². The fraction of sp³-hybridized carbons (Fsp3) is 0.579. The van der Waals surface area contributed by atoms with E-state index in [4.69, 9.17) is 4.42 Å². The van der Waals surface area contributed by atoms with E-state index >= 15 is 0 Å². The van der Waals surface area contributed by atoms with Crippen molar-refractivity contribution in [2.24, 2.45) is 0 Å². The summed E-state index contributed by atoms with van der Waals surface area (Å²) in [6.07, 6.45) is 9.81. The molecule has 1 atom stereocenters. The van der Waals surface area contributed by atoms with Crippen molar-refractivity contribution in [3.05, 3.63) is 36.4 Å². The molecule has 2 aliphatic rings. The SMILES string of the molecule is O[C@@]1(CN2CCCC2)CCCN(Cc2cnc(-c3ccco3)nc2)C1. The van der Waals surface area contributed by atoms with Crippen LogP contribution in [-0.2, 0) is 6.54 Å². The summed E-state index contributed by atoms with van der Waals surface area (Å²) in [7, 11) is 0. The van der Waals surface area contributed by atoms with Gasteiger partial charge in [-0.05, 0) is 57.5 Å². The van der Waals surface area contributed by atoms with Crippen LogP contribution in [-0.4, -0.2) is 63.2 Å². The van der Waals surface area contributed by atoms with Crippen molar-refractivity contribution in [3.63, 3.8) is 0 Å². The maximum atomic E-state index is 11.0. The van der Waals surface area contributed by atoms with Crippen LogP contribution >= 0.6 is 0 Å². The highest BCUT2D eigenvalue weighted by atomic mass is 16.3. The number of nitrogens with zero attached hydrogens (tertiary/aromatic N) is 4. The minimum atomic E-state index is -0.586. The first-order valence-corrected chi connectivity index (χ1v) is 9.22. The fourth-order valence-corrected chi connectivity index (χ4v) is 4.05. The van der Waals surface area contributed by atoms with Crippen LogP contribution < -0.4 is 0 Å². The van der Waals surface area contributed by atoms with Crippen LogP contribution in [0.3, 0.4) is 0 Å². The number of piperidine rings is 1. The largest absolute Gasteiger partial charge is 0.461 e. The van der Waals surface area contributed by atoms with Crippen LogP contribution in [0, 0.1) is 0 Å². The van der Waals surface area contributed by atoms with Crippen LogP contribution in [0.5, 0.6) is 0 Å². The molecule has 0 saturated carbocycles. The van der Waals surface area contributed by atoms with E-state index < -0.39 is 5.60 Å². The Bertz CT molecular complexity index is 667. The predicted molar refractivity (Wildman–Crippen MR) is 94.9 cm³/mol. The normalized spacial score (nSPS) is 25.5. The van der Waals surface area contributed by atoms with Gasteiger partial charge in [-0.15, -0.1) is 0 Å². The Balaban J connectivity index is 1.36. The number of hydrogen-bond donors (Lipinski definition) is 1. The second kappa shape index (κ2) is 7.23. The molecule has 0 aromatic carbocycles. The molecular weight excluding hydrogens is 316 g/mol. The first kappa shape index (κ1) is 16.7. The topological polar surface area (TPSA) is 65.6 Å². The van der Waals surface area contributed by atoms with Gasteiger partial charge in [0.25, 0.3) is 0 Å². The molecule has 0 bridgehead atoms. The predicted octanol–water partition coefficient (Wildman–Crippen LogP) is 2.16. The number of furan rings is 1. The molecule has 4 heterocycles. The summed E-state index contributed by atoms with van der Waals surface area (Å²) in [5.74, 6) is 1.29. The van der Waals surface area contributed by atoms with Crippen LogP contribution in [0.1, 0.15) is 31.2 Å². The summed E-state index contributed by atoms with van der Waals surface area (Å²) in [4.78, 5) is 13.5. The molecule has 134 valence electrons. The third-order valence-corrected chi connectivity index (χ3v) is 5.20. The number of rotatable bonds is 5. The van der Waals surface area contributed by atoms with Crippen molar-refractivity contribution < 1.29 is 9.52 Å². The lowest BCUT2D eigenvalue weighted by molar-refractivity contribution is -0.0519. The van der Waals surface area contributed by atoms with E-state index in [2.05, 4.69) is 19.8 Å². The van der Waals surface area contributed by atoms with Gasteiger partial charge in [0.05, 0.1) is 11.9 Å². The van der Waals surface area contributed by atoms with E-state index in [9.17, 15) is 5.11 Å². The highest BCUT2D eigenvalue weighted by molar-refractivity contribution is 5.45. The molecule has 25 heavy (non-hydrogen) atoms. The number of aromatic nitrogens is 2. The number of hydrogen-bond acceptors (Lipinski definition) is 6. The van der Waals surface area contributed by atoms with Gasteiger partial charge in [0, 0.05) is 37.6 Å². The first-order chi connectivity index (χ1) is 12.2. The van der Waals surface area contributed by atoms with Gasteiger partial charge in [-0.25, -0.2) is 9.97 Å². The third kappa shape index (κ3) is 4.08. The second-order valence-corrected chi connectivity index (χ2v) is 7.41.